The highest BCUT2D eigenvalue weighted by atomic mass is 19.1. The average Bonchev–Trinajstić information content (AvgIpc) is 2.79. The molecule has 2 aliphatic heterocycles. The molecule has 2 fully saturated rings. The van der Waals surface area contributed by atoms with Crippen LogP contribution in [0.4, 0.5) is 15.8 Å². The third kappa shape index (κ3) is 4.98. The van der Waals surface area contributed by atoms with E-state index in [9.17, 15) is 14.5 Å². The maximum Gasteiger partial charge on any atom is 0.311 e. The lowest BCUT2D eigenvalue weighted by Crippen LogP contribution is -2.47. The number of hydrogen-bond donors (Lipinski definition) is 2. The number of anilines is 1. The molecule has 1 aromatic rings. The Labute approximate surface area is 182 Å². The van der Waals surface area contributed by atoms with Gasteiger partial charge >= 0.3 is 5.69 Å². The summed E-state index contributed by atoms with van der Waals surface area (Å²) in [7, 11) is 3.17. The number of benzene rings is 1. The van der Waals surface area contributed by atoms with E-state index in [0.717, 1.165) is 57.5 Å². The lowest BCUT2D eigenvalue weighted by Gasteiger charge is -2.47. The third-order valence-electron chi connectivity index (χ3n) is 6.74. The number of alkyl halides is 1. The van der Waals surface area contributed by atoms with Gasteiger partial charge in [-0.25, -0.2) is 4.39 Å². The summed E-state index contributed by atoms with van der Waals surface area (Å²) in [5.41, 5.74) is 2.24. The van der Waals surface area contributed by atoms with Crippen molar-refractivity contribution in [2.45, 2.75) is 25.7 Å². The normalized spacial score (nSPS) is 19.3. The van der Waals surface area contributed by atoms with E-state index in [1.807, 2.05) is 0 Å². The highest BCUT2D eigenvalue weighted by molar-refractivity contribution is 6.11. The molecule has 0 aromatic heterocycles. The zero-order valence-corrected chi connectivity index (χ0v) is 18.3. The molecule has 0 amide bonds. The van der Waals surface area contributed by atoms with E-state index >= 15 is 0 Å². The van der Waals surface area contributed by atoms with Crippen LogP contribution in [0.5, 0.6) is 5.75 Å². The lowest BCUT2D eigenvalue weighted by molar-refractivity contribution is -0.385. The molecule has 0 radical (unpaired) electrons. The minimum Gasteiger partial charge on any atom is -0.490 e. The first kappa shape index (κ1) is 23.0. The summed E-state index contributed by atoms with van der Waals surface area (Å²) in [5.74, 6) is 0.220. The van der Waals surface area contributed by atoms with Crippen molar-refractivity contribution in [3.8, 4) is 5.75 Å². The van der Waals surface area contributed by atoms with E-state index in [1.165, 1.54) is 19.4 Å². The van der Waals surface area contributed by atoms with Gasteiger partial charge in [0.15, 0.2) is 5.75 Å². The Morgan fingerprint density at radius 3 is 2.45 bits per heavy atom. The Bertz CT molecular complexity index is 827. The number of ether oxygens (including phenoxy) is 1. The molecule has 1 spiro atoms. The lowest BCUT2D eigenvalue weighted by atomic mass is 9.71. The third-order valence-corrected chi connectivity index (χ3v) is 6.74. The summed E-state index contributed by atoms with van der Waals surface area (Å²) in [4.78, 5) is 15.6. The van der Waals surface area contributed by atoms with Crippen LogP contribution in [0.2, 0.25) is 0 Å². The number of piperidine rings is 2. The quantitative estimate of drug-likeness (QED) is 0.370. The van der Waals surface area contributed by atoms with Crippen LogP contribution in [-0.4, -0.2) is 69.6 Å². The van der Waals surface area contributed by atoms with Gasteiger partial charge in [0.25, 0.3) is 0 Å². The molecule has 31 heavy (non-hydrogen) atoms. The number of halogens is 1. The maximum atomic E-state index is 12.7. The molecule has 2 N–H and O–H groups in total. The van der Waals surface area contributed by atoms with Crippen LogP contribution in [0.3, 0.4) is 0 Å². The van der Waals surface area contributed by atoms with Gasteiger partial charge in [-0.2, -0.15) is 0 Å². The summed E-state index contributed by atoms with van der Waals surface area (Å²) in [6.45, 7) is 3.80. The number of nitrogens with zero attached hydrogens (tertiary/aromatic N) is 3. The minimum atomic E-state index is -0.455. The van der Waals surface area contributed by atoms with E-state index in [0.29, 0.717) is 23.1 Å². The molecule has 0 saturated carbocycles. The predicted octanol–water partition coefficient (Wildman–Crippen LogP) is 3.47. The second-order valence-electron chi connectivity index (χ2n) is 8.35. The van der Waals surface area contributed by atoms with Gasteiger partial charge < -0.3 is 25.3 Å². The van der Waals surface area contributed by atoms with E-state index < -0.39 is 4.92 Å². The Kier molecular flexibility index (Phi) is 7.48. The highest BCUT2D eigenvalue weighted by Crippen LogP contribution is 2.44. The fraction of sp³-hybridized carbons (Fsp3) is 0.591. The van der Waals surface area contributed by atoms with Crippen molar-refractivity contribution in [1.29, 1.82) is 5.41 Å². The van der Waals surface area contributed by atoms with Crippen LogP contribution in [-0.2, 0) is 0 Å². The van der Waals surface area contributed by atoms with Gasteiger partial charge in [0.2, 0.25) is 0 Å². The van der Waals surface area contributed by atoms with Crippen molar-refractivity contribution in [3.05, 3.63) is 34.0 Å². The van der Waals surface area contributed by atoms with E-state index in [1.54, 1.807) is 19.3 Å². The summed E-state index contributed by atoms with van der Waals surface area (Å²) < 4.78 is 18.0. The number of rotatable bonds is 8. The molecule has 2 saturated heterocycles. The van der Waals surface area contributed by atoms with Crippen LogP contribution in [0, 0.1) is 20.9 Å². The number of nitrogens with one attached hydrogen (secondary N) is 2. The second kappa shape index (κ2) is 10.1. The minimum absolute atomic E-state index is 0.112. The first-order chi connectivity index (χ1) is 15.0. The number of nitro groups is 1. The van der Waals surface area contributed by atoms with E-state index in [4.69, 9.17) is 10.1 Å². The molecule has 9 heteroatoms. The number of allylic oxidation sites excluding steroid dienone is 1. The molecule has 0 unspecified atom stereocenters. The summed E-state index contributed by atoms with van der Waals surface area (Å²) in [6, 6.07) is 3.23. The van der Waals surface area contributed by atoms with Gasteiger partial charge in [-0.15, -0.1) is 0 Å². The molecule has 0 atom stereocenters. The molecule has 170 valence electrons. The summed E-state index contributed by atoms with van der Waals surface area (Å²) in [5, 5.41) is 22.3. The van der Waals surface area contributed by atoms with E-state index in [-0.39, 0.29) is 18.1 Å². The monoisotopic (exact) mass is 433 g/mol. The van der Waals surface area contributed by atoms with Crippen molar-refractivity contribution in [3.63, 3.8) is 0 Å². The second-order valence-corrected chi connectivity index (χ2v) is 8.35. The Balaban J connectivity index is 1.86. The van der Waals surface area contributed by atoms with Crippen molar-refractivity contribution < 1.29 is 14.1 Å². The zero-order valence-electron chi connectivity index (χ0n) is 18.3. The first-order valence-corrected chi connectivity index (χ1v) is 10.7. The van der Waals surface area contributed by atoms with Gasteiger partial charge in [0.1, 0.15) is 6.67 Å². The van der Waals surface area contributed by atoms with Crippen LogP contribution in [0.25, 0.3) is 5.57 Å². The SMILES string of the molecule is CN/C=C(\C=N)c1cc([N+](=O)[O-])c(OC)cc1N1CCC2(CCN(CCF)CC2)CC1. The predicted molar refractivity (Wildman–Crippen MR) is 121 cm³/mol. The van der Waals surface area contributed by atoms with Crippen LogP contribution in [0.15, 0.2) is 18.3 Å². The fourth-order valence-electron chi connectivity index (χ4n) is 4.80. The van der Waals surface area contributed by atoms with Crippen LogP contribution < -0.4 is 15.0 Å². The number of hydrogen-bond acceptors (Lipinski definition) is 7. The molecular weight excluding hydrogens is 401 g/mol. The van der Waals surface area contributed by atoms with Gasteiger partial charge in [-0.1, -0.05) is 0 Å². The largest absolute Gasteiger partial charge is 0.490 e. The van der Waals surface area contributed by atoms with Crippen molar-refractivity contribution in [1.82, 2.24) is 10.2 Å². The fourth-order valence-corrected chi connectivity index (χ4v) is 4.80. The Hall–Kier alpha value is -2.68. The number of methoxy groups -OCH3 is 1. The summed E-state index contributed by atoms with van der Waals surface area (Å²) in [6.07, 6.45) is 7.12. The van der Waals surface area contributed by atoms with Crippen molar-refractivity contribution in [2.24, 2.45) is 5.41 Å². The zero-order chi connectivity index (χ0) is 22.4. The number of nitro benzene ring substituents is 1. The van der Waals surface area contributed by atoms with Crippen LogP contribution >= 0.6 is 0 Å². The summed E-state index contributed by atoms with van der Waals surface area (Å²) >= 11 is 0. The Morgan fingerprint density at radius 1 is 1.29 bits per heavy atom. The average molecular weight is 434 g/mol. The standard InChI is InChI=1S/C22H32FN5O3/c1-25-16-17(15-24)18-13-20(28(29)30)21(31-2)14-19(18)27-10-5-22(6-11-27)3-8-26(9-4-22)12-7-23/h13-16,24-25H,3-12H2,1-2H3/b17-16+,24-15?. The number of likely N-dealkylation sites (tertiary alicyclic amines) is 1. The molecule has 2 heterocycles. The molecule has 1 aromatic carbocycles. The van der Waals surface area contributed by atoms with Gasteiger partial charge in [0.05, 0.1) is 12.0 Å². The molecule has 2 aliphatic rings. The van der Waals surface area contributed by atoms with Gasteiger partial charge in [-0.05, 0) is 44.2 Å². The molecule has 0 aliphatic carbocycles. The highest BCUT2D eigenvalue weighted by Gasteiger charge is 2.38. The molecular formula is C22H32FN5O3. The molecule has 0 bridgehead atoms. The molecule has 3 rings (SSSR count). The van der Waals surface area contributed by atoms with Gasteiger partial charge in [0, 0.05) is 68.1 Å². The smallest absolute Gasteiger partial charge is 0.311 e. The van der Waals surface area contributed by atoms with E-state index in [2.05, 4.69) is 15.1 Å². The van der Waals surface area contributed by atoms with Crippen molar-refractivity contribution in [2.75, 3.05) is 58.5 Å². The molecule has 8 nitrogen and oxygen atoms in total. The maximum absolute atomic E-state index is 12.7. The first-order valence-electron chi connectivity index (χ1n) is 10.7. The van der Waals surface area contributed by atoms with Gasteiger partial charge in [-0.3, -0.25) is 10.1 Å². The van der Waals surface area contributed by atoms with Crippen molar-refractivity contribution >= 4 is 23.2 Å². The Morgan fingerprint density at radius 2 is 1.94 bits per heavy atom. The topological polar surface area (TPSA) is 94.7 Å². The van der Waals surface area contributed by atoms with Crippen LogP contribution in [0.1, 0.15) is 31.2 Å².